The van der Waals surface area contributed by atoms with Crippen LogP contribution < -0.4 is 0 Å². The highest BCUT2D eigenvalue weighted by atomic mass is 28.3. The molecule has 3 heteroatoms. The summed E-state index contributed by atoms with van der Waals surface area (Å²) in [5.74, 6) is -0.0739. The van der Waals surface area contributed by atoms with Gasteiger partial charge in [0.25, 0.3) is 0 Å². The molecule has 0 saturated carbocycles. The Morgan fingerprint density at radius 1 is 0.714 bits per heavy atom. The molecule has 0 fully saturated rings. The molecule has 0 N–H and O–H groups in total. The van der Waals surface area contributed by atoms with E-state index in [0.717, 1.165) is 10.8 Å². The number of carbonyl (C=O) groups excluding carboxylic acids is 1. The summed E-state index contributed by atoms with van der Waals surface area (Å²) < 4.78 is 5.18. The highest BCUT2D eigenvalue weighted by Gasteiger charge is 2.60. The Morgan fingerprint density at radius 2 is 1.14 bits per heavy atom. The molecule has 2 bridgehead atoms. The van der Waals surface area contributed by atoms with Crippen molar-refractivity contribution in [3.05, 3.63) is 148 Å². The summed E-state index contributed by atoms with van der Waals surface area (Å²) in [5, 5.41) is 0.756. The van der Waals surface area contributed by atoms with Gasteiger partial charge in [-0.15, -0.1) is 0 Å². The van der Waals surface area contributed by atoms with Crippen LogP contribution >= 0.6 is 0 Å². The molecule has 0 saturated heterocycles. The molecular weight excluding hydrogens is 444 g/mol. The predicted octanol–water partition coefficient (Wildman–Crippen LogP) is 6.87. The second-order valence-electron chi connectivity index (χ2n) is 10.0. The van der Waals surface area contributed by atoms with Gasteiger partial charge in [0.2, 0.25) is 0 Å². The first-order valence-corrected chi connectivity index (χ1v) is 15.2. The van der Waals surface area contributed by atoms with Gasteiger partial charge in [-0.05, 0) is 44.1 Å². The van der Waals surface area contributed by atoms with Gasteiger partial charge in [0.05, 0.1) is 7.11 Å². The molecule has 0 aromatic heterocycles. The lowest BCUT2D eigenvalue weighted by atomic mass is 9.60. The Kier molecular flexibility index (Phi) is 4.94. The maximum absolute atomic E-state index is 12.8. The van der Waals surface area contributed by atoms with Crippen LogP contribution in [0.2, 0.25) is 13.1 Å². The topological polar surface area (TPSA) is 26.3 Å². The number of ether oxygens (including phenoxy) is 1. The molecule has 0 radical (unpaired) electrons. The van der Waals surface area contributed by atoms with E-state index in [1.165, 1.54) is 40.5 Å². The molecule has 172 valence electrons. The van der Waals surface area contributed by atoms with Gasteiger partial charge in [-0.1, -0.05) is 116 Å². The summed E-state index contributed by atoms with van der Waals surface area (Å²) in [6.45, 7) is 4.84. The van der Waals surface area contributed by atoms with Crippen LogP contribution in [0.3, 0.4) is 0 Å². The smallest absolute Gasteiger partial charge is 0.330 e. The monoisotopic (exact) mass is 472 g/mol. The number of carbonyl (C=O) groups is 1. The number of benzene rings is 4. The lowest BCUT2D eigenvalue weighted by molar-refractivity contribution is -0.134. The van der Waals surface area contributed by atoms with Gasteiger partial charge in [0.15, 0.2) is 0 Å². The summed E-state index contributed by atoms with van der Waals surface area (Å²) in [6, 6.07) is 37.2. The third-order valence-electron chi connectivity index (χ3n) is 8.19. The van der Waals surface area contributed by atoms with Crippen LogP contribution in [-0.2, 0) is 14.6 Å². The molecule has 7 rings (SSSR count). The van der Waals surface area contributed by atoms with Crippen molar-refractivity contribution in [2.24, 2.45) is 0 Å². The average Bonchev–Trinajstić information content (AvgIpc) is 2.91. The Morgan fingerprint density at radius 3 is 1.60 bits per heavy atom. The molecule has 0 amide bonds. The molecule has 2 nitrogen and oxygen atoms in total. The van der Waals surface area contributed by atoms with Crippen LogP contribution in [0.4, 0.5) is 0 Å². The van der Waals surface area contributed by atoms with Crippen molar-refractivity contribution in [1.29, 1.82) is 0 Å². The van der Waals surface area contributed by atoms with Crippen LogP contribution in [0.15, 0.2) is 109 Å². The number of methoxy groups -OCH3 is 1. The van der Waals surface area contributed by atoms with Gasteiger partial charge < -0.3 is 4.74 Å². The van der Waals surface area contributed by atoms with Crippen LogP contribution in [0.5, 0.6) is 0 Å². The van der Waals surface area contributed by atoms with Crippen LogP contribution in [0.1, 0.15) is 44.9 Å². The first kappa shape index (κ1) is 21.8. The Balaban J connectivity index is 1.77. The summed E-state index contributed by atoms with van der Waals surface area (Å²) in [5.41, 5.74) is 9.38. The van der Waals surface area contributed by atoms with Crippen molar-refractivity contribution >= 4 is 19.2 Å². The van der Waals surface area contributed by atoms with Gasteiger partial charge in [-0.25, -0.2) is 4.79 Å². The maximum atomic E-state index is 12.8. The summed E-state index contributed by atoms with van der Waals surface area (Å²) in [6.07, 6.45) is 1.75. The van der Waals surface area contributed by atoms with E-state index < -0.39 is 8.07 Å². The minimum Gasteiger partial charge on any atom is -0.466 e. The van der Waals surface area contributed by atoms with Crippen molar-refractivity contribution < 1.29 is 9.53 Å². The van der Waals surface area contributed by atoms with Crippen molar-refractivity contribution in [3.63, 3.8) is 0 Å². The van der Waals surface area contributed by atoms with Crippen LogP contribution in [0, 0.1) is 0 Å². The first-order valence-electron chi connectivity index (χ1n) is 12.2. The molecule has 3 aliphatic rings. The molecule has 0 atom stereocenters. The fourth-order valence-electron chi connectivity index (χ4n) is 6.84. The van der Waals surface area contributed by atoms with E-state index in [1.54, 1.807) is 6.08 Å². The first-order chi connectivity index (χ1) is 17.0. The second kappa shape index (κ2) is 7.93. The number of hydrogen-bond acceptors (Lipinski definition) is 2. The van der Waals surface area contributed by atoms with Gasteiger partial charge >= 0.3 is 5.97 Å². The third-order valence-corrected chi connectivity index (χ3v) is 12.6. The molecule has 4 aromatic rings. The normalized spacial score (nSPS) is 20.0. The largest absolute Gasteiger partial charge is 0.466 e. The second-order valence-corrected chi connectivity index (χ2v) is 14.6. The van der Waals surface area contributed by atoms with Crippen molar-refractivity contribution in [3.8, 4) is 0 Å². The Hall–Kier alpha value is -3.69. The highest BCUT2D eigenvalue weighted by Crippen LogP contribution is 2.63. The van der Waals surface area contributed by atoms with Gasteiger partial charge in [-0.3, -0.25) is 0 Å². The molecular formula is C32H28O2Si. The predicted molar refractivity (Wildman–Crippen MR) is 144 cm³/mol. The molecule has 0 spiro atoms. The van der Waals surface area contributed by atoms with Gasteiger partial charge in [0.1, 0.15) is 8.07 Å². The average molecular weight is 473 g/mol. The number of rotatable bonds is 4. The minimum atomic E-state index is -2.56. The highest BCUT2D eigenvalue weighted by molar-refractivity contribution is 6.98. The zero-order valence-electron chi connectivity index (χ0n) is 20.3. The fourth-order valence-corrected chi connectivity index (χ4v) is 11.3. The lowest BCUT2D eigenvalue weighted by Gasteiger charge is -2.57. The standard InChI is InChI=1S/C32H28O2Si/c1-34-30(33)21-29(22-13-5-4-6-14-22)35(2,3)32-26-18-10-7-15-23(26)31(24-16-8-11-19-27(24)32)25-17-9-12-20-28(25)32/h4-21,31H,1-3H3/b29-21-. The molecule has 0 unspecified atom stereocenters. The van der Waals surface area contributed by atoms with E-state index in [9.17, 15) is 4.79 Å². The third kappa shape index (κ3) is 2.85. The Labute approximate surface area is 207 Å². The zero-order chi connectivity index (χ0) is 24.2. The molecule has 0 aliphatic heterocycles. The van der Waals surface area contributed by atoms with Crippen LogP contribution in [-0.4, -0.2) is 21.2 Å². The van der Waals surface area contributed by atoms with Crippen molar-refractivity contribution in [2.45, 2.75) is 24.1 Å². The van der Waals surface area contributed by atoms with E-state index in [2.05, 4.69) is 110 Å². The van der Waals surface area contributed by atoms with E-state index >= 15 is 0 Å². The van der Waals surface area contributed by atoms with Crippen LogP contribution in [0.25, 0.3) is 5.20 Å². The van der Waals surface area contributed by atoms with Crippen molar-refractivity contribution in [1.82, 2.24) is 0 Å². The van der Waals surface area contributed by atoms with E-state index in [0.29, 0.717) is 0 Å². The quantitative estimate of drug-likeness (QED) is 0.184. The van der Waals surface area contributed by atoms with Crippen molar-refractivity contribution in [2.75, 3.05) is 7.11 Å². The molecule has 0 heterocycles. The van der Waals surface area contributed by atoms with E-state index in [-0.39, 0.29) is 16.9 Å². The fraction of sp³-hybridized carbons (Fsp3) is 0.156. The summed E-state index contributed by atoms with van der Waals surface area (Å²) >= 11 is 0. The summed E-state index contributed by atoms with van der Waals surface area (Å²) in [7, 11) is -1.10. The zero-order valence-corrected chi connectivity index (χ0v) is 21.3. The summed E-state index contributed by atoms with van der Waals surface area (Å²) in [4.78, 5) is 12.8. The SMILES string of the molecule is COC(=O)/C=C(/c1ccccc1)[Si](C)(C)C12c3ccccc3C(c3ccccc31)c1ccccc12. The number of hydrogen-bond donors (Lipinski definition) is 0. The maximum Gasteiger partial charge on any atom is 0.330 e. The molecule has 4 aromatic carbocycles. The molecule has 35 heavy (non-hydrogen) atoms. The lowest BCUT2D eigenvalue weighted by Crippen LogP contribution is -2.59. The Bertz CT molecular complexity index is 1370. The van der Waals surface area contributed by atoms with Gasteiger partial charge in [-0.2, -0.15) is 0 Å². The molecule has 3 aliphatic carbocycles. The van der Waals surface area contributed by atoms with E-state index in [4.69, 9.17) is 4.74 Å². The number of esters is 1. The van der Waals surface area contributed by atoms with Gasteiger partial charge in [0, 0.05) is 17.0 Å². The van der Waals surface area contributed by atoms with E-state index in [1.807, 2.05) is 6.07 Å². The minimum absolute atomic E-state index is 0.232.